The standard InChI is InChI=1S/C9H15FN2O2/c10-6-5-11-3-1-7(6)12-4-2-8(13)9(12)14/h6-8,11,13H,1-5H2/t6-,7-,8-/m1/s1. The summed E-state index contributed by atoms with van der Waals surface area (Å²) in [4.78, 5) is 12.9. The van der Waals surface area contributed by atoms with Crippen LogP contribution in [0.1, 0.15) is 12.8 Å². The van der Waals surface area contributed by atoms with E-state index in [-0.39, 0.29) is 11.9 Å². The molecule has 0 unspecified atom stereocenters. The third-order valence-electron chi connectivity index (χ3n) is 2.99. The van der Waals surface area contributed by atoms with Gasteiger partial charge in [0.05, 0.1) is 6.04 Å². The van der Waals surface area contributed by atoms with Gasteiger partial charge in [-0.2, -0.15) is 0 Å². The quantitative estimate of drug-likeness (QED) is 0.590. The van der Waals surface area contributed by atoms with Crippen LogP contribution in [-0.2, 0) is 4.79 Å². The molecule has 0 radical (unpaired) electrons. The van der Waals surface area contributed by atoms with Crippen molar-refractivity contribution in [2.45, 2.75) is 31.2 Å². The molecule has 0 bridgehead atoms. The molecule has 80 valence electrons. The van der Waals surface area contributed by atoms with E-state index in [1.54, 1.807) is 0 Å². The van der Waals surface area contributed by atoms with Crippen molar-refractivity contribution in [2.24, 2.45) is 0 Å². The molecule has 0 spiro atoms. The lowest BCUT2D eigenvalue weighted by atomic mass is 10.0. The van der Waals surface area contributed by atoms with Crippen molar-refractivity contribution in [2.75, 3.05) is 19.6 Å². The number of piperidine rings is 1. The molecule has 5 heteroatoms. The number of aliphatic hydroxyl groups is 1. The Morgan fingerprint density at radius 3 is 2.86 bits per heavy atom. The van der Waals surface area contributed by atoms with Crippen molar-refractivity contribution < 1.29 is 14.3 Å². The fourth-order valence-electron chi connectivity index (χ4n) is 2.17. The first-order chi connectivity index (χ1) is 6.70. The van der Waals surface area contributed by atoms with Crippen molar-refractivity contribution in [3.63, 3.8) is 0 Å². The van der Waals surface area contributed by atoms with Gasteiger partial charge in [-0.3, -0.25) is 4.79 Å². The van der Waals surface area contributed by atoms with Gasteiger partial charge < -0.3 is 15.3 Å². The second-order valence-electron chi connectivity index (χ2n) is 3.91. The fourth-order valence-corrected chi connectivity index (χ4v) is 2.17. The number of hydrogen-bond donors (Lipinski definition) is 2. The normalized spacial score (nSPS) is 39.1. The van der Waals surface area contributed by atoms with E-state index in [1.807, 2.05) is 0 Å². The average molecular weight is 202 g/mol. The number of halogens is 1. The maximum Gasteiger partial charge on any atom is 0.251 e. The van der Waals surface area contributed by atoms with Gasteiger partial charge in [0.15, 0.2) is 0 Å². The van der Waals surface area contributed by atoms with E-state index >= 15 is 0 Å². The third-order valence-corrected chi connectivity index (χ3v) is 2.99. The Labute approximate surface area is 82.1 Å². The lowest BCUT2D eigenvalue weighted by Gasteiger charge is -2.34. The molecule has 3 atom stereocenters. The molecule has 4 nitrogen and oxygen atoms in total. The van der Waals surface area contributed by atoms with E-state index in [1.165, 1.54) is 4.90 Å². The zero-order valence-electron chi connectivity index (χ0n) is 7.95. The van der Waals surface area contributed by atoms with Crippen LogP contribution in [0.25, 0.3) is 0 Å². The molecule has 2 rings (SSSR count). The Balaban J connectivity index is 2.03. The van der Waals surface area contributed by atoms with Crippen LogP contribution >= 0.6 is 0 Å². The van der Waals surface area contributed by atoms with Crippen LogP contribution in [-0.4, -0.2) is 53.9 Å². The molecule has 2 N–H and O–H groups in total. The van der Waals surface area contributed by atoms with E-state index in [0.717, 1.165) is 6.54 Å². The highest BCUT2D eigenvalue weighted by molar-refractivity contribution is 5.83. The lowest BCUT2D eigenvalue weighted by Crippen LogP contribution is -2.52. The summed E-state index contributed by atoms with van der Waals surface area (Å²) < 4.78 is 13.5. The van der Waals surface area contributed by atoms with Crippen LogP contribution in [0.15, 0.2) is 0 Å². The molecular formula is C9H15FN2O2. The molecule has 14 heavy (non-hydrogen) atoms. The van der Waals surface area contributed by atoms with Crippen molar-refractivity contribution >= 4 is 5.91 Å². The highest BCUT2D eigenvalue weighted by atomic mass is 19.1. The predicted octanol–water partition coefficient (Wildman–Crippen LogP) is -0.720. The predicted molar refractivity (Wildman–Crippen MR) is 48.5 cm³/mol. The Hall–Kier alpha value is -0.680. The summed E-state index contributed by atoms with van der Waals surface area (Å²) in [6.45, 7) is 1.54. The van der Waals surface area contributed by atoms with Gasteiger partial charge in [0.2, 0.25) is 0 Å². The first kappa shape index (κ1) is 9.86. The second kappa shape index (κ2) is 3.82. The number of nitrogens with one attached hydrogen (secondary N) is 1. The Morgan fingerprint density at radius 1 is 1.50 bits per heavy atom. The van der Waals surface area contributed by atoms with Gasteiger partial charge in [0, 0.05) is 13.1 Å². The van der Waals surface area contributed by atoms with E-state index < -0.39 is 12.3 Å². The van der Waals surface area contributed by atoms with E-state index in [9.17, 15) is 14.3 Å². The number of hydrogen-bond acceptors (Lipinski definition) is 3. The highest BCUT2D eigenvalue weighted by Crippen LogP contribution is 2.21. The molecule has 0 aromatic rings. The summed E-state index contributed by atoms with van der Waals surface area (Å²) in [6, 6.07) is -0.332. The Morgan fingerprint density at radius 2 is 2.29 bits per heavy atom. The van der Waals surface area contributed by atoms with Crippen molar-refractivity contribution in [3.05, 3.63) is 0 Å². The number of carbonyl (C=O) groups is 1. The van der Waals surface area contributed by atoms with Crippen LogP contribution in [0.5, 0.6) is 0 Å². The van der Waals surface area contributed by atoms with Crippen LogP contribution in [0.4, 0.5) is 4.39 Å². The molecular weight excluding hydrogens is 187 g/mol. The number of carbonyl (C=O) groups excluding carboxylic acids is 1. The summed E-state index contributed by atoms with van der Waals surface area (Å²) in [5, 5.41) is 12.2. The summed E-state index contributed by atoms with van der Waals surface area (Å²) >= 11 is 0. The summed E-state index contributed by atoms with van der Waals surface area (Å²) in [5.41, 5.74) is 0. The zero-order valence-corrected chi connectivity index (χ0v) is 7.95. The van der Waals surface area contributed by atoms with Crippen molar-refractivity contribution in [1.82, 2.24) is 10.2 Å². The number of amides is 1. The van der Waals surface area contributed by atoms with Gasteiger partial charge in [-0.1, -0.05) is 0 Å². The number of likely N-dealkylation sites (tertiary alicyclic amines) is 1. The van der Waals surface area contributed by atoms with Crippen LogP contribution in [0.2, 0.25) is 0 Å². The van der Waals surface area contributed by atoms with Gasteiger partial charge in [-0.05, 0) is 19.4 Å². The minimum absolute atomic E-state index is 0.306. The van der Waals surface area contributed by atoms with Gasteiger partial charge in [0.25, 0.3) is 5.91 Å². The van der Waals surface area contributed by atoms with Crippen LogP contribution in [0, 0.1) is 0 Å². The first-order valence-electron chi connectivity index (χ1n) is 5.03. The largest absolute Gasteiger partial charge is 0.383 e. The minimum atomic E-state index is -1.00. The van der Waals surface area contributed by atoms with Crippen molar-refractivity contribution in [3.8, 4) is 0 Å². The maximum absolute atomic E-state index is 13.5. The van der Waals surface area contributed by atoms with Gasteiger partial charge >= 0.3 is 0 Å². The second-order valence-corrected chi connectivity index (χ2v) is 3.91. The summed E-state index contributed by atoms with van der Waals surface area (Å²) in [5.74, 6) is -0.306. The smallest absolute Gasteiger partial charge is 0.251 e. The van der Waals surface area contributed by atoms with E-state index in [4.69, 9.17) is 0 Å². The molecule has 0 aromatic heterocycles. The SMILES string of the molecule is O=C1[C@H](O)CCN1[C@@H]1CCNC[C@H]1F. The molecule has 2 heterocycles. The lowest BCUT2D eigenvalue weighted by molar-refractivity contribution is -0.138. The molecule has 0 aliphatic carbocycles. The van der Waals surface area contributed by atoms with Gasteiger partial charge in [0.1, 0.15) is 12.3 Å². The fraction of sp³-hybridized carbons (Fsp3) is 0.889. The molecule has 1 amide bonds. The Bertz CT molecular complexity index is 237. The summed E-state index contributed by atoms with van der Waals surface area (Å²) in [7, 11) is 0. The van der Waals surface area contributed by atoms with Gasteiger partial charge in [-0.15, -0.1) is 0 Å². The maximum atomic E-state index is 13.5. The van der Waals surface area contributed by atoms with Crippen molar-refractivity contribution in [1.29, 1.82) is 0 Å². The monoisotopic (exact) mass is 202 g/mol. The topological polar surface area (TPSA) is 52.6 Å². The summed E-state index contributed by atoms with van der Waals surface area (Å²) in [6.07, 6.45) is -0.829. The molecule has 2 aliphatic heterocycles. The number of nitrogens with zero attached hydrogens (tertiary/aromatic N) is 1. The molecule has 2 saturated heterocycles. The van der Waals surface area contributed by atoms with E-state index in [2.05, 4.69) is 5.32 Å². The van der Waals surface area contributed by atoms with Gasteiger partial charge in [-0.25, -0.2) is 4.39 Å². The number of alkyl halides is 1. The van der Waals surface area contributed by atoms with Crippen LogP contribution in [0.3, 0.4) is 0 Å². The Kier molecular flexibility index (Phi) is 2.69. The third kappa shape index (κ3) is 1.62. The number of aliphatic hydroxyl groups excluding tert-OH is 1. The molecule has 0 saturated carbocycles. The zero-order chi connectivity index (χ0) is 10.1. The van der Waals surface area contributed by atoms with E-state index in [0.29, 0.717) is 25.9 Å². The highest BCUT2D eigenvalue weighted by Gasteiger charge is 2.39. The molecule has 2 fully saturated rings. The minimum Gasteiger partial charge on any atom is -0.383 e. The number of rotatable bonds is 1. The first-order valence-corrected chi connectivity index (χ1v) is 5.03. The molecule has 2 aliphatic rings. The van der Waals surface area contributed by atoms with Crippen LogP contribution < -0.4 is 5.32 Å². The molecule has 0 aromatic carbocycles. The average Bonchev–Trinajstić information content (AvgIpc) is 2.49.